The zero-order valence-electron chi connectivity index (χ0n) is 18.1. The first kappa shape index (κ1) is 21.2. The fraction of sp³-hybridized carbons (Fsp3) is 0.962. The van der Waals surface area contributed by atoms with Gasteiger partial charge in [-0.1, -0.05) is 58.3 Å². The molecule has 0 bridgehead atoms. The molecule has 0 spiro atoms. The summed E-state index contributed by atoms with van der Waals surface area (Å²) in [6.07, 6.45) is 25.8. The maximum atomic E-state index is 8.67. The Labute approximate surface area is 169 Å². The Bertz CT molecular complexity index is 426. The van der Waals surface area contributed by atoms with Crippen molar-refractivity contribution in [2.24, 2.45) is 35.5 Å². The summed E-state index contributed by atoms with van der Waals surface area (Å²) < 4.78 is 0. The van der Waals surface area contributed by atoms with Gasteiger partial charge in [-0.25, -0.2) is 0 Å². The van der Waals surface area contributed by atoms with Gasteiger partial charge in [0.05, 0.1) is 6.07 Å². The van der Waals surface area contributed by atoms with Crippen LogP contribution in [0.25, 0.3) is 0 Å². The molecule has 0 unspecified atom stereocenters. The molecule has 0 aromatic rings. The summed E-state index contributed by atoms with van der Waals surface area (Å²) in [4.78, 5) is 0. The van der Waals surface area contributed by atoms with Crippen LogP contribution in [0.3, 0.4) is 0 Å². The van der Waals surface area contributed by atoms with Crippen molar-refractivity contribution in [3.8, 4) is 6.07 Å². The van der Waals surface area contributed by atoms with Crippen LogP contribution in [0.5, 0.6) is 0 Å². The van der Waals surface area contributed by atoms with E-state index < -0.39 is 0 Å². The molecule has 1 nitrogen and oxygen atoms in total. The van der Waals surface area contributed by atoms with Crippen molar-refractivity contribution in [1.82, 2.24) is 0 Å². The molecule has 3 fully saturated rings. The molecule has 0 aliphatic heterocycles. The molecule has 0 atom stereocenters. The Kier molecular flexibility index (Phi) is 9.02. The molecule has 0 heterocycles. The largest absolute Gasteiger partial charge is 0.198 e. The van der Waals surface area contributed by atoms with E-state index in [2.05, 4.69) is 13.0 Å². The van der Waals surface area contributed by atoms with Gasteiger partial charge in [-0.05, 0) is 93.3 Å². The van der Waals surface area contributed by atoms with Crippen molar-refractivity contribution in [3.05, 3.63) is 0 Å². The van der Waals surface area contributed by atoms with Gasteiger partial charge in [-0.3, -0.25) is 0 Å². The van der Waals surface area contributed by atoms with Crippen molar-refractivity contribution in [2.45, 2.75) is 122 Å². The summed E-state index contributed by atoms with van der Waals surface area (Å²) in [7, 11) is 0. The Morgan fingerprint density at radius 2 is 1.00 bits per heavy atom. The fourth-order valence-electron chi connectivity index (χ4n) is 7.03. The standard InChI is InChI=1S/C26H45N/c1-2-6-21-8-12-23(13-9-21)25-16-18-26(19-17-25)24-14-10-22(11-15-24)7-4-3-5-20-27/h21-26H,2-19H2,1H3. The van der Waals surface area contributed by atoms with Crippen molar-refractivity contribution < 1.29 is 0 Å². The van der Waals surface area contributed by atoms with Crippen LogP contribution in [-0.2, 0) is 0 Å². The van der Waals surface area contributed by atoms with Crippen LogP contribution in [0, 0.1) is 46.8 Å². The molecule has 3 aliphatic carbocycles. The molecular weight excluding hydrogens is 326 g/mol. The van der Waals surface area contributed by atoms with E-state index in [-0.39, 0.29) is 0 Å². The maximum Gasteiger partial charge on any atom is 0.0621 e. The predicted molar refractivity (Wildman–Crippen MR) is 115 cm³/mol. The van der Waals surface area contributed by atoms with E-state index in [4.69, 9.17) is 5.26 Å². The van der Waals surface area contributed by atoms with Crippen LogP contribution in [0.15, 0.2) is 0 Å². The highest BCUT2D eigenvalue weighted by molar-refractivity contribution is 4.86. The smallest absolute Gasteiger partial charge is 0.0621 e. The van der Waals surface area contributed by atoms with Gasteiger partial charge >= 0.3 is 0 Å². The summed E-state index contributed by atoms with van der Waals surface area (Å²) in [6, 6.07) is 2.29. The van der Waals surface area contributed by atoms with Crippen molar-refractivity contribution in [3.63, 3.8) is 0 Å². The van der Waals surface area contributed by atoms with Crippen LogP contribution in [0.1, 0.15) is 122 Å². The van der Waals surface area contributed by atoms with Gasteiger partial charge in [0.2, 0.25) is 0 Å². The predicted octanol–water partition coefficient (Wildman–Crippen LogP) is 8.29. The molecule has 0 aromatic heterocycles. The number of unbranched alkanes of at least 4 members (excludes halogenated alkanes) is 2. The average molecular weight is 372 g/mol. The molecular formula is C26H45N. The van der Waals surface area contributed by atoms with Crippen molar-refractivity contribution >= 4 is 0 Å². The first-order valence-electron chi connectivity index (χ1n) is 12.7. The van der Waals surface area contributed by atoms with E-state index in [1.165, 1.54) is 64.2 Å². The zero-order chi connectivity index (χ0) is 18.9. The SMILES string of the molecule is CCCC1CCC(C2CCC(C3CCC(CCCCC#N)CC3)CC2)CC1. The summed E-state index contributed by atoms with van der Waals surface area (Å²) in [5, 5.41) is 8.67. The number of rotatable bonds is 8. The van der Waals surface area contributed by atoms with E-state index in [9.17, 15) is 0 Å². The second-order valence-corrected chi connectivity index (χ2v) is 10.4. The van der Waals surface area contributed by atoms with Gasteiger partial charge in [0, 0.05) is 6.42 Å². The van der Waals surface area contributed by atoms with Crippen LogP contribution in [-0.4, -0.2) is 0 Å². The van der Waals surface area contributed by atoms with E-state index in [0.29, 0.717) is 0 Å². The average Bonchev–Trinajstić information content (AvgIpc) is 2.73. The number of nitriles is 1. The maximum absolute atomic E-state index is 8.67. The van der Waals surface area contributed by atoms with Crippen LogP contribution >= 0.6 is 0 Å². The normalized spacial score (nSPS) is 37.6. The molecule has 1 heteroatoms. The lowest BCUT2D eigenvalue weighted by atomic mass is 9.64. The molecule has 0 amide bonds. The second-order valence-electron chi connectivity index (χ2n) is 10.4. The zero-order valence-corrected chi connectivity index (χ0v) is 18.1. The van der Waals surface area contributed by atoms with Crippen LogP contribution in [0.2, 0.25) is 0 Å². The highest BCUT2D eigenvalue weighted by Gasteiger charge is 2.34. The molecule has 0 aromatic carbocycles. The molecule has 3 aliphatic rings. The summed E-state index contributed by atoms with van der Waals surface area (Å²) in [6.45, 7) is 2.36. The third-order valence-electron chi connectivity index (χ3n) is 8.78. The van der Waals surface area contributed by atoms with Gasteiger partial charge in [0.25, 0.3) is 0 Å². The van der Waals surface area contributed by atoms with Gasteiger partial charge in [-0.15, -0.1) is 0 Å². The first-order valence-corrected chi connectivity index (χ1v) is 12.7. The van der Waals surface area contributed by atoms with E-state index >= 15 is 0 Å². The van der Waals surface area contributed by atoms with Gasteiger partial charge < -0.3 is 0 Å². The van der Waals surface area contributed by atoms with Gasteiger partial charge in [0.1, 0.15) is 0 Å². The Morgan fingerprint density at radius 1 is 0.593 bits per heavy atom. The lowest BCUT2D eigenvalue weighted by Crippen LogP contribution is -2.29. The Balaban J connectivity index is 1.30. The van der Waals surface area contributed by atoms with Crippen LogP contribution < -0.4 is 0 Å². The van der Waals surface area contributed by atoms with Gasteiger partial charge in [0.15, 0.2) is 0 Å². The van der Waals surface area contributed by atoms with Crippen LogP contribution in [0.4, 0.5) is 0 Å². The molecule has 0 N–H and O–H groups in total. The molecule has 154 valence electrons. The highest BCUT2D eigenvalue weighted by atomic mass is 14.4. The van der Waals surface area contributed by atoms with Crippen molar-refractivity contribution in [1.29, 1.82) is 5.26 Å². The lowest BCUT2D eigenvalue weighted by molar-refractivity contribution is 0.102. The second kappa shape index (κ2) is 11.5. The third kappa shape index (κ3) is 6.51. The van der Waals surface area contributed by atoms with E-state index in [1.54, 1.807) is 38.5 Å². The highest BCUT2D eigenvalue weighted by Crippen LogP contribution is 2.46. The van der Waals surface area contributed by atoms with E-state index in [1.807, 2.05) is 0 Å². The first-order chi connectivity index (χ1) is 13.3. The molecule has 3 saturated carbocycles. The minimum Gasteiger partial charge on any atom is -0.198 e. The minimum atomic E-state index is 0.763. The summed E-state index contributed by atoms with van der Waals surface area (Å²) in [5.74, 6) is 6.34. The Morgan fingerprint density at radius 3 is 1.41 bits per heavy atom. The number of hydrogen-bond acceptors (Lipinski definition) is 1. The third-order valence-corrected chi connectivity index (χ3v) is 8.78. The molecule has 0 saturated heterocycles. The quantitative estimate of drug-likeness (QED) is 0.394. The van der Waals surface area contributed by atoms with Crippen molar-refractivity contribution in [2.75, 3.05) is 0 Å². The Hall–Kier alpha value is -0.510. The summed E-state index contributed by atoms with van der Waals surface area (Å²) >= 11 is 0. The number of nitrogens with zero attached hydrogens (tertiary/aromatic N) is 1. The topological polar surface area (TPSA) is 23.8 Å². The minimum absolute atomic E-state index is 0.763. The molecule has 3 rings (SSSR count). The summed E-state index contributed by atoms with van der Waals surface area (Å²) in [5.41, 5.74) is 0. The van der Waals surface area contributed by atoms with Gasteiger partial charge in [-0.2, -0.15) is 5.26 Å². The molecule has 27 heavy (non-hydrogen) atoms. The van der Waals surface area contributed by atoms with E-state index in [0.717, 1.165) is 48.3 Å². The lowest BCUT2D eigenvalue weighted by Gasteiger charge is -2.41. The fourth-order valence-corrected chi connectivity index (χ4v) is 7.03. The number of hydrogen-bond donors (Lipinski definition) is 0. The monoisotopic (exact) mass is 371 g/mol. The molecule has 0 radical (unpaired) electrons.